The molecule has 0 spiro atoms. The number of aldehydes is 1. The van der Waals surface area contributed by atoms with E-state index < -0.39 is 0 Å². The first kappa shape index (κ1) is 17.0. The fourth-order valence-corrected chi connectivity index (χ4v) is 2.45. The van der Waals surface area contributed by atoms with Crippen LogP contribution >= 0.6 is 0 Å². The van der Waals surface area contributed by atoms with E-state index >= 15 is 0 Å². The third-order valence-electron chi connectivity index (χ3n) is 3.85. The van der Waals surface area contributed by atoms with E-state index in [1.54, 1.807) is 0 Å². The zero-order valence-corrected chi connectivity index (χ0v) is 13.7. The lowest BCUT2D eigenvalue weighted by Crippen LogP contribution is -2.34. The van der Waals surface area contributed by atoms with Crippen molar-refractivity contribution < 1.29 is 9.53 Å². The van der Waals surface area contributed by atoms with Gasteiger partial charge in [0.15, 0.2) is 0 Å². The number of carbonyl (C=O) groups is 1. The van der Waals surface area contributed by atoms with Crippen LogP contribution in [-0.4, -0.2) is 19.1 Å². The van der Waals surface area contributed by atoms with Gasteiger partial charge in [0.25, 0.3) is 0 Å². The Bertz CT molecular complexity index is 632. The number of benzene rings is 2. The molecule has 0 heterocycles. The van der Waals surface area contributed by atoms with Crippen molar-refractivity contribution in [1.29, 1.82) is 0 Å². The molecule has 3 heteroatoms. The van der Waals surface area contributed by atoms with Crippen LogP contribution in [0, 0.1) is 0 Å². The van der Waals surface area contributed by atoms with E-state index in [2.05, 4.69) is 30.5 Å². The van der Waals surface area contributed by atoms with Crippen molar-refractivity contribution >= 4 is 18.0 Å². The zero-order chi connectivity index (χ0) is 16.7. The van der Waals surface area contributed by atoms with Crippen LogP contribution in [0.3, 0.4) is 0 Å². The van der Waals surface area contributed by atoms with Crippen LogP contribution in [0.25, 0.3) is 6.08 Å². The quantitative estimate of drug-likeness (QED) is 0.530. The molecule has 0 fully saturated rings. The van der Waals surface area contributed by atoms with Crippen molar-refractivity contribution in [3.63, 3.8) is 0 Å². The van der Waals surface area contributed by atoms with Gasteiger partial charge in [-0.3, -0.25) is 4.79 Å². The molecule has 1 atom stereocenters. The second-order valence-corrected chi connectivity index (χ2v) is 5.35. The molecule has 0 aliphatic heterocycles. The van der Waals surface area contributed by atoms with Crippen molar-refractivity contribution in [2.24, 2.45) is 0 Å². The van der Waals surface area contributed by atoms with E-state index in [-0.39, 0.29) is 6.23 Å². The largest absolute Gasteiger partial charge is 0.354 e. The Labute approximate surface area is 138 Å². The van der Waals surface area contributed by atoms with Gasteiger partial charge >= 0.3 is 0 Å². The second-order valence-electron chi connectivity index (χ2n) is 5.35. The third-order valence-corrected chi connectivity index (χ3v) is 3.85. The number of anilines is 1. The normalized spacial score (nSPS) is 11.7. The highest BCUT2D eigenvalue weighted by Gasteiger charge is 2.13. The molecule has 2 aromatic rings. The van der Waals surface area contributed by atoms with Gasteiger partial charge in [-0.25, -0.2) is 0 Å². The average molecular weight is 309 g/mol. The molecular formula is C20H23NO2. The summed E-state index contributed by atoms with van der Waals surface area (Å²) in [5.74, 6) is 0. The monoisotopic (exact) mass is 309 g/mol. The van der Waals surface area contributed by atoms with Crippen LogP contribution in [0.2, 0.25) is 0 Å². The lowest BCUT2D eigenvalue weighted by Gasteiger charge is -2.30. The second kappa shape index (κ2) is 8.30. The first-order valence-electron chi connectivity index (χ1n) is 7.82. The maximum absolute atomic E-state index is 10.8. The molecule has 1 unspecified atom stereocenters. The molecule has 120 valence electrons. The molecule has 2 rings (SSSR count). The molecule has 0 aromatic heterocycles. The van der Waals surface area contributed by atoms with Gasteiger partial charge in [-0.05, 0) is 49.2 Å². The lowest BCUT2D eigenvalue weighted by molar-refractivity contribution is 0.0512. The first-order valence-corrected chi connectivity index (χ1v) is 7.82. The number of rotatable bonds is 8. The Morgan fingerprint density at radius 3 is 2.22 bits per heavy atom. The Balaban J connectivity index is 1.99. The van der Waals surface area contributed by atoms with Gasteiger partial charge in [0.2, 0.25) is 0 Å². The van der Waals surface area contributed by atoms with Gasteiger partial charge < -0.3 is 9.64 Å². The highest BCUT2D eigenvalue weighted by Crippen LogP contribution is 2.19. The van der Waals surface area contributed by atoms with E-state index in [4.69, 9.17) is 4.74 Å². The molecule has 2 aromatic carbocycles. The fourth-order valence-electron chi connectivity index (χ4n) is 2.45. The van der Waals surface area contributed by atoms with Crippen molar-refractivity contribution in [1.82, 2.24) is 0 Å². The highest BCUT2D eigenvalue weighted by atomic mass is 16.5. The van der Waals surface area contributed by atoms with E-state index in [0.29, 0.717) is 12.2 Å². The summed E-state index contributed by atoms with van der Waals surface area (Å²) in [5, 5.41) is 0. The highest BCUT2D eigenvalue weighted by molar-refractivity contribution is 5.75. The van der Waals surface area contributed by atoms with Crippen LogP contribution < -0.4 is 4.90 Å². The van der Waals surface area contributed by atoms with Crippen LogP contribution in [0.15, 0.2) is 55.1 Å². The number of hydrogen-bond acceptors (Lipinski definition) is 3. The Morgan fingerprint density at radius 2 is 1.70 bits per heavy atom. The molecule has 0 aliphatic rings. The van der Waals surface area contributed by atoms with Crippen LogP contribution in [-0.2, 0) is 11.3 Å². The number of carbonyl (C=O) groups excluding carboxylic acids is 1. The molecule has 0 amide bonds. The van der Waals surface area contributed by atoms with E-state index in [9.17, 15) is 4.79 Å². The van der Waals surface area contributed by atoms with Crippen LogP contribution in [0.4, 0.5) is 5.69 Å². The van der Waals surface area contributed by atoms with Crippen molar-refractivity contribution in [3.8, 4) is 0 Å². The molecule has 0 saturated heterocycles. The van der Waals surface area contributed by atoms with Gasteiger partial charge in [-0.1, -0.05) is 36.9 Å². The summed E-state index contributed by atoms with van der Waals surface area (Å²) in [6, 6.07) is 15.7. The minimum absolute atomic E-state index is 0.0545. The molecule has 0 N–H and O–H groups in total. The number of hydrogen-bond donors (Lipinski definition) is 0. The summed E-state index contributed by atoms with van der Waals surface area (Å²) in [6.07, 6.45) is 2.63. The predicted octanol–water partition coefficient (Wildman–Crippen LogP) is 4.53. The molecule has 0 bridgehead atoms. The maximum atomic E-state index is 10.8. The Kier molecular flexibility index (Phi) is 6.12. The third kappa shape index (κ3) is 4.54. The topological polar surface area (TPSA) is 29.5 Å². The van der Waals surface area contributed by atoms with E-state index in [1.807, 2.05) is 49.4 Å². The van der Waals surface area contributed by atoms with Crippen molar-refractivity contribution in [3.05, 3.63) is 71.8 Å². The summed E-state index contributed by atoms with van der Waals surface area (Å²) in [6.45, 7) is 9.27. The SMILES string of the molecule is C=Cc1ccc(COC(C)N(CC)c2ccc(C=O)cc2)cc1. The summed E-state index contributed by atoms with van der Waals surface area (Å²) in [4.78, 5) is 12.9. The first-order chi connectivity index (χ1) is 11.2. The van der Waals surface area contributed by atoms with Gasteiger partial charge in [0.05, 0.1) is 6.61 Å². The fraction of sp³-hybridized carbons (Fsp3) is 0.250. The Hall–Kier alpha value is -2.39. The van der Waals surface area contributed by atoms with E-state index in [0.717, 1.165) is 29.6 Å². The molecule has 0 aliphatic carbocycles. The smallest absolute Gasteiger partial charge is 0.150 e. The molecule has 23 heavy (non-hydrogen) atoms. The standard InChI is InChI=1S/C20H23NO2/c1-4-17-6-8-19(9-7-17)15-23-16(3)21(5-2)20-12-10-18(14-22)11-13-20/h4,6-14,16H,1,5,15H2,2-3H3. The molecule has 3 nitrogen and oxygen atoms in total. The predicted molar refractivity (Wildman–Crippen MR) is 95.6 cm³/mol. The molecule has 0 radical (unpaired) electrons. The maximum Gasteiger partial charge on any atom is 0.150 e. The zero-order valence-electron chi connectivity index (χ0n) is 13.7. The number of nitrogens with zero attached hydrogens (tertiary/aromatic N) is 1. The average Bonchev–Trinajstić information content (AvgIpc) is 2.61. The van der Waals surface area contributed by atoms with Gasteiger partial charge in [-0.2, -0.15) is 0 Å². The Morgan fingerprint density at radius 1 is 1.09 bits per heavy atom. The molecular weight excluding hydrogens is 286 g/mol. The summed E-state index contributed by atoms with van der Waals surface area (Å²) >= 11 is 0. The lowest BCUT2D eigenvalue weighted by atomic mass is 10.1. The van der Waals surface area contributed by atoms with Crippen LogP contribution in [0.1, 0.15) is 35.3 Å². The van der Waals surface area contributed by atoms with Crippen molar-refractivity contribution in [2.75, 3.05) is 11.4 Å². The van der Waals surface area contributed by atoms with Gasteiger partial charge in [0, 0.05) is 17.8 Å². The number of ether oxygens (including phenoxy) is 1. The summed E-state index contributed by atoms with van der Waals surface area (Å²) < 4.78 is 6.00. The van der Waals surface area contributed by atoms with Crippen molar-refractivity contribution in [2.45, 2.75) is 26.7 Å². The minimum atomic E-state index is -0.0545. The summed E-state index contributed by atoms with van der Waals surface area (Å²) in [7, 11) is 0. The van der Waals surface area contributed by atoms with Crippen LogP contribution in [0.5, 0.6) is 0 Å². The summed E-state index contributed by atoms with van der Waals surface area (Å²) in [5.41, 5.74) is 3.97. The van der Waals surface area contributed by atoms with Gasteiger partial charge in [-0.15, -0.1) is 0 Å². The molecule has 0 saturated carbocycles. The minimum Gasteiger partial charge on any atom is -0.354 e. The van der Waals surface area contributed by atoms with Gasteiger partial charge in [0.1, 0.15) is 12.5 Å². The van der Waals surface area contributed by atoms with E-state index in [1.165, 1.54) is 0 Å².